The minimum Gasteiger partial charge on any atom is -0.349 e. The van der Waals surface area contributed by atoms with Crippen molar-refractivity contribution in [1.29, 1.82) is 0 Å². The Labute approximate surface area is 125 Å². The summed E-state index contributed by atoms with van der Waals surface area (Å²) in [4.78, 5) is 9.60. The van der Waals surface area contributed by atoms with Gasteiger partial charge in [0.2, 0.25) is 0 Å². The molecule has 0 saturated carbocycles. The van der Waals surface area contributed by atoms with E-state index in [1.807, 2.05) is 0 Å². The van der Waals surface area contributed by atoms with Crippen molar-refractivity contribution in [3.05, 3.63) is 0 Å². The highest BCUT2D eigenvalue weighted by atomic mass is 16.2. The largest absolute Gasteiger partial charge is 0.349 e. The van der Waals surface area contributed by atoms with Crippen LogP contribution in [0.15, 0.2) is 0 Å². The van der Waals surface area contributed by atoms with Gasteiger partial charge >= 0.3 is 6.03 Å². The SMILES string of the molecule is CCCCCCCCCCCCCC.NC(=O)N(N)N. The van der Waals surface area contributed by atoms with E-state index in [1.54, 1.807) is 0 Å². The maximum atomic E-state index is 9.60. The molecule has 0 unspecified atom stereocenters. The minimum atomic E-state index is -0.852. The van der Waals surface area contributed by atoms with Gasteiger partial charge in [0.15, 0.2) is 0 Å². The molecule has 0 bridgehead atoms. The first-order valence-corrected chi connectivity index (χ1v) is 8.15. The number of unbranched alkanes of at least 4 members (excludes halogenated alkanes) is 11. The molecule has 5 nitrogen and oxygen atoms in total. The Morgan fingerprint density at radius 2 is 0.900 bits per heavy atom. The van der Waals surface area contributed by atoms with Crippen molar-refractivity contribution in [2.45, 2.75) is 90.9 Å². The Bertz CT molecular complexity index is 186. The van der Waals surface area contributed by atoms with Gasteiger partial charge in [-0.3, -0.25) is 0 Å². The van der Waals surface area contributed by atoms with Gasteiger partial charge in [0.1, 0.15) is 0 Å². The molecule has 0 rings (SSSR count). The number of nitrogens with two attached hydrogens (primary N) is 3. The van der Waals surface area contributed by atoms with E-state index in [9.17, 15) is 4.79 Å². The highest BCUT2D eigenvalue weighted by Gasteiger charge is 1.92. The van der Waals surface area contributed by atoms with E-state index in [1.165, 1.54) is 77.0 Å². The topological polar surface area (TPSA) is 98.4 Å². The molecule has 0 spiro atoms. The van der Waals surface area contributed by atoms with Crippen LogP contribution < -0.4 is 17.4 Å². The van der Waals surface area contributed by atoms with Gasteiger partial charge < -0.3 is 5.73 Å². The predicted molar refractivity (Wildman–Crippen MR) is 86.5 cm³/mol. The van der Waals surface area contributed by atoms with Crippen LogP contribution in [0.3, 0.4) is 0 Å². The number of nitrogens with zero attached hydrogens (tertiary/aromatic N) is 1. The lowest BCUT2D eigenvalue weighted by Crippen LogP contribution is -2.46. The molecule has 0 aromatic heterocycles. The summed E-state index contributed by atoms with van der Waals surface area (Å²) >= 11 is 0. The summed E-state index contributed by atoms with van der Waals surface area (Å²) in [5.74, 6) is 9.14. The van der Waals surface area contributed by atoms with Crippen molar-refractivity contribution in [3.63, 3.8) is 0 Å². The zero-order valence-electron chi connectivity index (χ0n) is 13.6. The van der Waals surface area contributed by atoms with E-state index in [0.717, 1.165) is 0 Å². The average Bonchev–Trinajstić information content (AvgIpc) is 2.41. The number of hydrogen-bond acceptors (Lipinski definition) is 3. The zero-order chi connectivity index (χ0) is 15.6. The third-order valence-electron chi connectivity index (χ3n) is 3.21. The van der Waals surface area contributed by atoms with Gasteiger partial charge in [-0.2, -0.15) is 5.12 Å². The summed E-state index contributed by atoms with van der Waals surface area (Å²) in [6, 6.07) is -0.852. The van der Waals surface area contributed by atoms with Crippen molar-refractivity contribution in [1.82, 2.24) is 5.12 Å². The van der Waals surface area contributed by atoms with Crippen LogP contribution in [-0.4, -0.2) is 11.1 Å². The van der Waals surface area contributed by atoms with Crippen molar-refractivity contribution in [2.75, 3.05) is 0 Å². The number of carbonyl (C=O) groups excluding carboxylic acids is 1. The number of hydrogen-bond donors (Lipinski definition) is 3. The van der Waals surface area contributed by atoms with Crippen LogP contribution in [0.2, 0.25) is 0 Å². The van der Waals surface area contributed by atoms with Gasteiger partial charge in [-0.15, -0.1) is 0 Å². The van der Waals surface area contributed by atoms with Gasteiger partial charge in [-0.05, 0) is 0 Å². The quantitative estimate of drug-likeness (QED) is 0.233. The molecular formula is C15H36N4O. The Morgan fingerprint density at radius 1 is 0.700 bits per heavy atom. The third kappa shape index (κ3) is 22.4. The molecule has 0 aromatic carbocycles. The van der Waals surface area contributed by atoms with Crippen LogP contribution >= 0.6 is 0 Å². The Hall–Kier alpha value is -0.810. The number of amides is 2. The lowest BCUT2D eigenvalue weighted by molar-refractivity contribution is 0.210. The first-order chi connectivity index (χ1) is 9.56. The van der Waals surface area contributed by atoms with Crippen LogP contribution in [0.4, 0.5) is 4.79 Å². The molecule has 0 fully saturated rings. The Kier molecular flexibility index (Phi) is 19.5. The van der Waals surface area contributed by atoms with Crippen molar-refractivity contribution in [3.8, 4) is 0 Å². The molecule has 122 valence electrons. The second-order valence-corrected chi connectivity index (χ2v) is 5.28. The standard InChI is InChI=1S/C14H30.CH6N4O/c1-3-5-7-9-11-13-14-12-10-8-6-4-2;2-1(6)5(3)4/h3-14H2,1-2H3;3-4H2,(H2,2,6). The molecule has 0 atom stereocenters. The summed E-state index contributed by atoms with van der Waals surface area (Å²) in [6.45, 7) is 4.57. The zero-order valence-corrected chi connectivity index (χ0v) is 13.6. The molecule has 0 aliphatic carbocycles. The molecule has 0 aromatic rings. The van der Waals surface area contributed by atoms with Crippen molar-refractivity contribution < 1.29 is 4.79 Å². The van der Waals surface area contributed by atoms with Crippen LogP contribution in [0, 0.1) is 0 Å². The first kappa shape index (κ1) is 21.5. The van der Waals surface area contributed by atoms with Gasteiger partial charge in [0.25, 0.3) is 0 Å². The Morgan fingerprint density at radius 3 is 1.05 bits per heavy atom. The molecule has 0 heterocycles. The highest BCUT2D eigenvalue weighted by molar-refractivity contribution is 5.70. The lowest BCUT2D eigenvalue weighted by Gasteiger charge is -2.01. The van der Waals surface area contributed by atoms with Gasteiger partial charge in [-0.25, -0.2) is 16.5 Å². The van der Waals surface area contributed by atoms with Gasteiger partial charge in [0.05, 0.1) is 0 Å². The van der Waals surface area contributed by atoms with Crippen LogP contribution in [0.5, 0.6) is 0 Å². The number of hydrazine groups is 2. The molecule has 0 radical (unpaired) electrons. The molecule has 0 aliphatic rings. The number of rotatable bonds is 11. The third-order valence-corrected chi connectivity index (χ3v) is 3.21. The van der Waals surface area contributed by atoms with Crippen LogP contribution in [0.25, 0.3) is 0 Å². The van der Waals surface area contributed by atoms with E-state index < -0.39 is 6.03 Å². The van der Waals surface area contributed by atoms with Gasteiger partial charge in [-0.1, -0.05) is 90.9 Å². The fourth-order valence-electron chi connectivity index (χ4n) is 1.91. The molecular weight excluding hydrogens is 252 g/mol. The maximum absolute atomic E-state index is 9.60. The Balaban J connectivity index is 0. The fraction of sp³-hybridized carbons (Fsp3) is 0.933. The number of carbonyl (C=O) groups is 1. The number of primary amides is 1. The van der Waals surface area contributed by atoms with E-state index in [0.29, 0.717) is 5.12 Å². The van der Waals surface area contributed by atoms with Crippen molar-refractivity contribution in [2.24, 2.45) is 17.4 Å². The van der Waals surface area contributed by atoms with Gasteiger partial charge in [0, 0.05) is 0 Å². The second-order valence-electron chi connectivity index (χ2n) is 5.28. The molecule has 6 N–H and O–H groups in total. The minimum absolute atomic E-state index is 0.306. The normalized spacial score (nSPS) is 9.80. The number of urea groups is 1. The lowest BCUT2D eigenvalue weighted by atomic mass is 10.1. The van der Waals surface area contributed by atoms with E-state index in [4.69, 9.17) is 0 Å². The molecule has 20 heavy (non-hydrogen) atoms. The summed E-state index contributed by atoms with van der Waals surface area (Å²) in [5.41, 5.74) is 4.47. The highest BCUT2D eigenvalue weighted by Crippen LogP contribution is 2.11. The summed E-state index contributed by atoms with van der Waals surface area (Å²) < 4.78 is 0. The van der Waals surface area contributed by atoms with E-state index in [2.05, 4.69) is 31.3 Å². The average molecular weight is 288 g/mol. The summed E-state index contributed by atoms with van der Waals surface area (Å²) in [7, 11) is 0. The monoisotopic (exact) mass is 288 g/mol. The fourth-order valence-corrected chi connectivity index (χ4v) is 1.91. The molecule has 0 aliphatic heterocycles. The van der Waals surface area contributed by atoms with Crippen molar-refractivity contribution >= 4 is 6.03 Å². The molecule has 5 heteroatoms. The maximum Gasteiger partial charge on any atom is 0.343 e. The van der Waals surface area contributed by atoms with E-state index >= 15 is 0 Å². The summed E-state index contributed by atoms with van der Waals surface area (Å²) in [6.07, 6.45) is 17.4. The van der Waals surface area contributed by atoms with Crippen LogP contribution in [0.1, 0.15) is 90.9 Å². The summed E-state index contributed by atoms with van der Waals surface area (Å²) in [5, 5.41) is 0.306. The van der Waals surface area contributed by atoms with Crippen LogP contribution in [-0.2, 0) is 0 Å². The van der Waals surface area contributed by atoms with E-state index in [-0.39, 0.29) is 0 Å². The predicted octanol–water partition coefficient (Wildman–Crippen LogP) is 3.82. The first-order valence-electron chi connectivity index (χ1n) is 8.15. The second kappa shape index (κ2) is 18.2. The molecule has 2 amide bonds. The molecule has 0 saturated heterocycles. The smallest absolute Gasteiger partial charge is 0.343 e.